The lowest BCUT2D eigenvalue weighted by Gasteiger charge is -2.18. The van der Waals surface area contributed by atoms with Crippen molar-refractivity contribution in [3.63, 3.8) is 0 Å². The predicted molar refractivity (Wildman–Crippen MR) is 90.7 cm³/mol. The topological polar surface area (TPSA) is 12.0 Å². The van der Waals surface area contributed by atoms with E-state index in [1.54, 1.807) is 0 Å². The van der Waals surface area contributed by atoms with Crippen molar-refractivity contribution >= 4 is 10.8 Å². The minimum atomic E-state index is 0.237. The molecule has 3 aromatic rings. The van der Waals surface area contributed by atoms with Crippen molar-refractivity contribution in [1.82, 2.24) is 5.32 Å². The molecule has 0 heterocycles. The van der Waals surface area contributed by atoms with Crippen molar-refractivity contribution < 1.29 is 0 Å². The van der Waals surface area contributed by atoms with Crippen LogP contribution in [0, 0.1) is 0 Å². The number of hydrogen-bond donors (Lipinski definition) is 1. The molecule has 0 saturated carbocycles. The Kier molecular flexibility index (Phi) is 4.03. The number of rotatable bonds is 4. The van der Waals surface area contributed by atoms with Gasteiger partial charge < -0.3 is 5.32 Å². The molecule has 3 rings (SSSR count). The molecule has 0 aliphatic heterocycles. The second-order valence-corrected chi connectivity index (χ2v) is 5.43. The highest BCUT2D eigenvalue weighted by Gasteiger charge is 2.12. The molecule has 1 atom stereocenters. The number of nitrogens with one attached hydrogen (secondary N) is 1. The summed E-state index contributed by atoms with van der Waals surface area (Å²) in [6.07, 6.45) is 1.07. The summed E-state index contributed by atoms with van der Waals surface area (Å²) in [7, 11) is 2.03. The van der Waals surface area contributed by atoms with Gasteiger partial charge in [0.25, 0.3) is 0 Å². The lowest BCUT2D eigenvalue weighted by Crippen LogP contribution is -2.17. The molecule has 3 aromatic carbocycles. The Morgan fingerprint density at radius 1 is 0.810 bits per heavy atom. The second-order valence-electron chi connectivity index (χ2n) is 5.43. The molecule has 1 nitrogen and oxygen atoms in total. The molecular weight excluding hydrogens is 254 g/mol. The molecule has 0 spiro atoms. The Hall–Kier alpha value is -2.12. The summed E-state index contributed by atoms with van der Waals surface area (Å²) in [5.41, 5.74) is 4.02. The van der Waals surface area contributed by atoms with Crippen molar-refractivity contribution in [3.05, 3.63) is 83.4 Å². The highest BCUT2D eigenvalue weighted by atomic mass is 14.9. The number of aryl methyl sites for hydroxylation is 1. The van der Waals surface area contributed by atoms with Crippen LogP contribution in [0.25, 0.3) is 10.8 Å². The number of benzene rings is 3. The molecule has 1 heteroatoms. The molecule has 0 fully saturated rings. The summed E-state index contributed by atoms with van der Waals surface area (Å²) in [6, 6.07) is 24.3. The van der Waals surface area contributed by atoms with E-state index in [2.05, 4.69) is 79.0 Å². The van der Waals surface area contributed by atoms with Crippen LogP contribution in [-0.4, -0.2) is 7.05 Å². The van der Waals surface area contributed by atoms with Crippen molar-refractivity contribution in [3.8, 4) is 0 Å². The minimum Gasteiger partial charge on any atom is -0.309 e. The van der Waals surface area contributed by atoms with Gasteiger partial charge >= 0.3 is 0 Å². The van der Waals surface area contributed by atoms with Gasteiger partial charge in [-0.05, 0) is 47.0 Å². The van der Waals surface area contributed by atoms with Crippen LogP contribution in [-0.2, 0) is 6.42 Å². The van der Waals surface area contributed by atoms with Gasteiger partial charge in [-0.2, -0.15) is 0 Å². The maximum Gasteiger partial charge on any atom is 0.0574 e. The van der Waals surface area contributed by atoms with Crippen LogP contribution in [0.2, 0.25) is 0 Å². The number of hydrogen-bond acceptors (Lipinski definition) is 1. The smallest absolute Gasteiger partial charge is 0.0574 e. The van der Waals surface area contributed by atoms with E-state index in [1.165, 1.54) is 27.5 Å². The van der Waals surface area contributed by atoms with E-state index in [9.17, 15) is 0 Å². The zero-order valence-corrected chi connectivity index (χ0v) is 12.6. The minimum absolute atomic E-state index is 0.237. The zero-order valence-electron chi connectivity index (χ0n) is 12.6. The predicted octanol–water partition coefficient (Wildman–Crippen LogP) is 4.71. The molecule has 0 radical (unpaired) electrons. The van der Waals surface area contributed by atoms with Crippen LogP contribution < -0.4 is 5.32 Å². The van der Waals surface area contributed by atoms with E-state index < -0.39 is 0 Å². The summed E-state index contributed by atoms with van der Waals surface area (Å²) < 4.78 is 0. The van der Waals surface area contributed by atoms with E-state index in [0.717, 1.165) is 6.42 Å². The summed E-state index contributed by atoms with van der Waals surface area (Å²) in [5, 5.41) is 6.03. The number of fused-ring (bicyclic) bond motifs is 1. The van der Waals surface area contributed by atoms with E-state index in [-0.39, 0.29) is 6.04 Å². The van der Waals surface area contributed by atoms with Gasteiger partial charge in [0.05, 0.1) is 6.04 Å². The molecule has 1 N–H and O–H groups in total. The van der Waals surface area contributed by atoms with Crippen LogP contribution in [0.4, 0.5) is 0 Å². The average molecular weight is 275 g/mol. The first-order valence-electron chi connectivity index (χ1n) is 7.56. The van der Waals surface area contributed by atoms with Crippen LogP contribution >= 0.6 is 0 Å². The van der Waals surface area contributed by atoms with E-state index in [1.807, 2.05) is 7.05 Å². The first kappa shape index (κ1) is 13.8. The summed E-state index contributed by atoms with van der Waals surface area (Å²) >= 11 is 0. The lowest BCUT2D eigenvalue weighted by molar-refractivity contribution is 0.691. The third-order valence-electron chi connectivity index (χ3n) is 4.09. The molecular formula is C20H21N. The lowest BCUT2D eigenvalue weighted by atomic mass is 9.95. The van der Waals surface area contributed by atoms with Gasteiger partial charge in [-0.3, -0.25) is 0 Å². The highest BCUT2D eigenvalue weighted by Crippen LogP contribution is 2.26. The van der Waals surface area contributed by atoms with Crippen molar-refractivity contribution in [2.75, 3.05) is 7.05 Å². The molecule has 0 aliphatic rings. The average Bonchev–Trinajstić information content (AvgIpc) is 2.56. The Morgan fingerprint density at radius 2 is 1.57 bits per heavy atom. The first-order chi connectivity index (χ1) is 10.3. The Balaban J connectivity index is 2.04. The quantitative estimate of drug-likeness (QED) is 0.727. The summed E-state index contributed by atoms with van der Waals surface area (Å²) in [5.74, 6) is 0. The fraction of sp³-hybridized carbons (Fsp3) is 0.200. The van der Waals surface area contributed by atoms with Crippen molar-refractivity contribution in [1.29, 1.82) is 0 Å². The fourth-order valence-electron chi connectivity index (χ4n) is 2.91. The van der Waals surface area contributed by atoms with Crippen LogP contribution in [0.3, 0.4) is 0 Å². The molecule has 0 bridgehead atoms. The maximum atomic E-state index is 3.45. The van der Waals surface area contributed by atoms with E-state index in [4.69, 9.17) is 0 Å². The van der Waals surface area contributed by atoms with Gasteiger partial charge in [0.1, 0.15) is 0 Å². The fourth-order valence-corrected chi connectivity index (χ4v) is 2.91. The van der Waals surface area contributed by atoms with Crippen LogP contribution in [0.1, 0.15) is 29.7 Å². The highest BCUT2D eigenvalue weighted by molar-refractivity contribution is 5.83. The molecule has 0 aliphatic carbocycles. The first-order valence-corrected chi connectivity index (χ1v) is 7.56. The third-order valence-corrected chi connectivity index (χ3v) is 4.09. The molecule has 0 aromatic heterocycles. The van der Waals surface area contributed by atoms with Crippen LogP contribution in [0.5, 0.6) is 0 Å². The molecule has 1 unspecified atom stereocenters. The Morgan fingerprint density at radius 3 is 2.33 bits per heavy atom. The molecule has 0 saturated heterocycles. The third kappa shape index (κ3) is 2.84. The van der Waals surface area contributed by atoms with E-state index >= 15 is 0 Å². The molecule has 106 valence electrons. The zero-order chi connectivity index (χ0) is 14.7. The Labute approximate surface area is 126 Å². The summed E-state index contributed by atoms with van der Waals surface area (Å²) in [4.78, 5) is 0. The molecule has 0 amide bonds. The normalized spacial score (nSPS) is 12.5. The van der Waals surface area contributed by atoms with E-state index in [0.29, 0.717) is 0 Å². The van der Waals surface area contributed by atoms with Crippen LogP contribution in [0.15, 0.2) is 66.7 Å². The van der Waals surface area contributed by atoms with Gasteiger partial charge in [0, 0.05) is 0 Å². The largest absolute Gasteiger partial charge is 0.309 e. The summed E-state index contributed by atoms with van der Waals surface area (Å²) in [6.45, 7) is 2.20. The van der Waals surface area contributed by atoms with Gasteiger partial charge in [-0.15, -0.1) is 0 Å². The Bertz CT molecular complexity index is 745. The second kappa shape index (κ2) is 6.11. The maximum absolute atomic E-state index is 3.45. The monoisotopic (exact) mass is 275 g/mol. The van der Waals surface area contributed by atoms with Crippen molar-refractivity contribution in [2.24, 2.45) is 0 Å². The SMILES string of the molecule is CCc1cccc(C(NC)c2ccc3ccccc3c2)c1. The van der Waals surface area contributed by atoms with Gasteiger partial charge in [0.2, 0.25) is 0 Å². The standard InChI is InChI=1S/C20H21N/c1-3-15-7-6-10-18(13-15)20(21-2)19-12-11-16-8-4-5-9-17(16)14-19/h4-14,20-21H,3H2,1-2H3. The molecule has 21 heavy (non-hydrogen) atoms. The van der Waals surface area contributed by atoms with Gasteiger partial charge in [-0.25, -0.2) is 0 Å². The van der Waals surface area contributed by atoms with Crippen molar-refractivity contribution in [2.45, 2.75) is 19.4 Å². The van der Waals surface area contributed by atoms with Gasteiger partial charge in [-0.1, -0.05) is 67.6 Å². The van der Waals surface area contributed by atoms with Gasteiger partial charge in [0.15, 0.2) is 0 Å².